The molecule has 0 spiro atoms. The highest BCUT2D eigenvalue weighted by Gasteiger charge is 2.16. The summed E-state index contributed by atoms with van der Waals surface area (Å²) in [6, 6.07) is 4.68. The van der Waals surface area contributed by atoms with Gasteiger partial charge in [0.25, 0.3) is 5.56 Å². The molecule has 0 aromatic carbocycles. The minimum Gasteiger partial charge on any atom is -0.444 e. The molecular weight excluding hydrogens is 208 g/mol. The number of anilines is 1. The van der Waals surface area contributed by atoms with E-state index in [-0.39, 0.29) is 5.69 Å². The molecule has 1 aromatic heterocycles. The molecule has 1 amide bonds. The molecule has 1 aromatic rings. The van der Waals surface area contributed by atoms with Gasteiger partial charge in [-0.2, -0.15) is 0 Å². The van der Waals surface area contributed by atoms with Crippen molar-refractivity contribution >= 4 is 11.8 Å². The molecule has 16 heavy (non-hydrogen) atoms. The molecule has 0 aliphatic rings. The molecule has 0 saturated heterocycles. The SMILES string of the molecule is CC(C)(C)OC(=O)Nc1ccccnc1=O. The second-order valence-corrected chi connectivity index (χ2v) is 4.18. The summed E-state index contributed by atoms with van der Waals surface area (Å²) in [6.45, 7) is 5.23. The third-order valence-corrected chi connectivity index (χ3v) is 1.52. The van der Waals surface area contributed by atoms with Crippen molar-refractivity contribution in [1.29, 1.82) is 0 Å². The van der Waals surface area contributed by atoms with Gasteiger partial charge in [-0.3, -0.25) is 10.1 Å². The standard InChI is InChI=1S/C11H14N2O3/c1-11(2,3)16-10(15)13-8-6-4-5-7-12-9(8)14/h4-7H,1-3H3,(H,12,13,14,15). The van der Waals surface area contributed by atoms with E-state index in [1.165, 1.54) is 12.3 Å². The lowest BCUT2D eigenvalue weighted by atomic mass is 10.2. The van der Waals surface area contributed by atoms with Crippen LogP contribution in [0, 0.1) is 0 Å². The van der Waals surface area contributed by atoms with E-state index in [1.807, 2.05) is 0 Å². The molecule has 0 fully saturated rings. The van der Waals surface area contributed by atoms with E-state index in [1.54, 1.807) is 32.9 Å². The molecule has 5 nitrogen and oxygen atoms in total. The van der Waals surface area contributed by atoms with E-state index >= 15 is 0 Å². The van der Waals surface area contributed by atoms with Crippen molar-refractivity contribution < 1.29 is 9.53 Å². The Hall–Kier alpha value is -1.91. The largest absolute Gasteiger partial charge is 0.444 e. The first-order chi connectivity index (χ1) is 7.38. The van der Waals surface area contributed by atoms with Gasteiger partial charge >= 0.3 is 6.09 Å². The first kappa shape index (κ1) is 12.2. The van der Waals surface area contributed by atoms with Crippen molar-refractivity contribution in [3.05, 3.63) is 34.7 Å². The van der Waals surface area contributed by atoms with E-state index in [0.717, 1.165) is 0 Å². The van der Waals surface area contributed by atoms with E-state index in [0.29, 0.717) is 0 Å². The maximum atomic E-state index is 11.4. The number of aromatic nitrogens is 1. The maximum absolute atomic E-state index is 11.4. The van der Waals surface area contributed by atoms with Gasteiger partial charge < -0.3 is 4.74 Å². The number of rotatable bonds is 1. The second kappa shape index (κ2) is 4.74. The molecule has 0 saturated carbocycles. The average molecular weight is 222 g/mol. The van der Waals surface area contributed by atoms with Gasteiger partial charge in [-0.25, -0.2) is 9.78 Å². The summed E-state index contributed by atoms with van der Waals surface area (Å²) < 4.78 is 5.01. The van der Waals surface area contributed by atoms with Crippen LogP contribution < -0.4 is 10.9 Å². The van der Waals surface area contributed by atoms with Gasteiger partial charge in [0.15, 0.2) is 0 Å². The molecule has 1 rings (SSSR count). The molecule has 0 aliphatic heterocycles. The zero-order valence-electron chi connectivity index (χ0n) is 9.48. The number of nitrogens with zero attached hydrogens (tertiary/aromatic N) is 1. The molecule has 0 unspecified atom stereocenters. The fraction of sp³-hybridized carbons (Fsp3) is 0.364. The third kappa shape index (κ3) is 4.08. The van der Waals surface area contributed by atoms with Crippen LogP contribution in [0.3, 0.4) is 0 Å². The number of hydrogen-bond donors (Lipinski definition) is 1. The van der Waals surface area contributed by atoms with Crippen LogP contribution in [0.1, 0.15) is 20.8 Å². The quantitative estimate of drug-likeness (QED) is 0.786. The van der Waals surface area contributed by atoms with Crippen LogP contribution >= 0.6 is 0 Å². The highest BCUT2D eigenvalue weighted by Crippen LogP contribution is 2.08. The Labute approximate surface area is 93.5 Å². The fourth-order valence-corrected chi connectivity index (χ4v) is 0.962. The predicted molar refractivity (Wildman–Crippen MR) is 60.4 cm³/mol. The number of carbonyl (C=O) groups is 1. The van der Waals surface area contributed by atoms with Gasteiger partial charge in [0.2, 0.25) is 0 Å². The van der Waals surface area contributed by atoms with Crippen molar-refractivity contribution in [3.63, 3.8) is 0 Å². The van der Waals surface area contributed by atoms with E-state index < -0.39 is 17.3 Å². The number of amides is 1. The molecule has 86 valence electrons. The normalized spacial score (nSPS) is 10.7. The Bertz CT molecular complexity index is 438. The molecule has 0 radical (unpaired) electrons. The molecule has 0 atom stereocenters. The summed E-state index contributed by atoms with van der Waals surface area (Å²) in [5.74, 6) is 0. The maximum Gasteiger partial charge on any atom is 0.412 e. The second-order valence-electron chi connectivity index (χ2n) is 4.18. The summed E-state index contributed by atoms with van der Waals surface area (Å²) in [4.78, 5) is 26.3. The Morgan fingerprint density at radius 2 is 2.06 bits per heavy atom. The Morgan fingerprint density at radius 1 is 1.38 bits per heavy atom. The molecular formula is C11H14N2O3. The number of nitrogens with one attached hydrogen (secondary N) is 1. The Morgan fingerprint density at radius 3 is 2.69 bits per heavy atom. The van der Waals surface area contributed by atoms with Gasteiger partial charge in [-0.1, -0.05) is 6.07 Å². The molecule has 1 N–H and O–H groups in total. The van der Waals surface area contributed by atoms with Crippen LogP contribution in [0.4, 0.5) is 10.5 Å². The van der Waals surface area contributed by atoms with Crippen LogP contribution in [0.2, 0.25) is 0 Å². The highest BCUT2D eigenvalue weighted by atomic mass is 16.6. The van der Waals surface area contributed by atoms with Crippen LogP contribution in [0.25, 0.3) is 0 Å². The minimum atomic E-state index is -0.669. The number of carbonyl (C=O) groups excluding carboxylic acids is 1. The zero-order chi connectivity index (χ0) is 12.2. The van der Waals surface area contributed by atoms with Gasteiger partial charge in [0, 0.05) is 6.20 Å². The molecule has 5 heteroatoms. The van der Waals surface area contributed by atoms with E-state index in [4.69, 9.17) is 4.74 Å². The average Bonchev–Trinajstić information content (AvgIpc) is 2.29. The van der Waals surface area contributed by atoms with Crippen LogP contribution in [0.15, 0.2) is 29.2 Å². The lowest BCUT2D eigenvalue weighted by molar-refractivity contribution is 0.0635. The summed E-state index contributed by atoms with van der Waals surface area (Å²) >= 11 is 0. The lowest BCUT2D eigenvalue weighted by Gasteiger charge is -2.19. The highest BCUT2D eigenvalue weighted by molar-refractivity contribution is 5.84. The number of hydrogen-bond acceptors (Lipinski definition) is 4. The molecule has 0 bridgehead atoms. The summed E-state index contributed by atoms with van der Waals surface area (Å²) in [7, 11) is 0. The van der Waals surface area contributed by atoms with Gasteiger partial charge in [-0.15, -0.1) is 0 Å². The third-order valence-electron chi connectivity index (χ3n) is 1.52. The first-order valence-corrected chi connectivity index (χ1v) is 4.84. The Kier molecular flexibility index (Phi) is 3.60. The van der Waals surface area contributed by atoms with Crippen molar-refractivity contribution in [3.8, 4) is 0 Å². The number of ether oxygens (including phenoxy) is 1. The van der Waals surface area contributed by atoms with Crippen molar-refractivity contribution in [2.75, 3.05) is 5.32 Å². The van der Waals surface area contributed by atoms with Crippen LogP contribution in [-0.2, 0) is 4.74 Å². The van der Waals surface area contributed by atoms with E-state index in [2.05, 4.69) is 10.3 Å². The monoisotopic (exact) mass is 222 g/mol. The minimum absolute atomic E-state index is 0.0965. The fourth-order valence-electron chi connectivity index (χ4n) is 0.962. The molecule has 0 aliphatic carbocycles. The topological polar surface area (TPSA) is 68.3 Å². The summed E-state index contributed by atoms with van der Waals surface area (Å²) in [6.07, 6.45) is 0.695. The molecule has 1 heterocycles. The Balaban J connectivity index is 2.79. The predicted octanol–water partition coefficient (Wildman–Crippen LogP) is 1.79. The summed E-state index contributed by atoms with van der Waals surface area (Å²) in [5.41, 5.74) is -1.01. The lowest BCUT2D eigenvalue weighted by Crippen LogP contribution is -2.28. The summed E-state index contributed by atoms with van der Waals surface area (Å²) in [5, 5.41) is 2.35. The van der Waals surface area contributed by atoms with Crippen molar-refractivity contribution in [1.82, 2.24) is 4.98 Å². The van der Waals surface area contributed by atoms with Crippen LogP contribution in [-0.4, -0.2) is 16.7 Å². The van der Waals surface area contributed by atoms with Crippen LogP contribution in [0.5, 0.6) is 0 Å². The van der Waals surface area contributed by atoms with Gasteiger partial charge in [-0.05, 0) is 32.9 Å². The first-order valence-electron chi connectivity index (χ1n) is 4.84. The smallest absolute Gasteiger partial charge is 0.412 e. The van der Waals surface area contributed by atoms with Crippen molar-refractivity contribution in [2.45, 2.75) is 26.4 Å². The van der Waals surface area contributed by atoms with Gasteiger partial charge in [0.1, 0.15) is 11.3 Å². The van der Waals surface area contributed by atoms with Gasteiger partial charge in [0.05, 0.1) is 0 Å². The zero-order valence-corrected chi connectivity index (χ0v) is 9.48. The van der Waals surface area contributed by atoms with Crippen molar-refractivity contribution in [2.24, 2.45) is 0 Å². The van der Waals surface area contributed by atoms with E-state index in [9.17, 15) is 9.59 Å².